The first-order valence-electron chi connectivity index (χ1n) is 7.83. The first kappa shape index (κ1) is 15.9. The minimum atomic E-state index is -0.0638. The van der Waals surface area contributed by atoms with Gasteiger partial charge in [-0.25, -0.2) is 0 Å². The molecular weight excluding hydrogens is 310 g/mol. The number of hydrogen-bond donors (Lipinski definition) is 1. The van der Waals surface area contributed by atoms with Crippen LogP contribution in [-0.2, 0) is 4.79 Å². The van der Waals surface area contributed by atoms with Crippen LogP contribution in [0.3, 0.4) is 0 Å². The minimum absolute atomic E-state index is 0.0215. The molecule has 5 nitrogen and oxygen atoms in total. The van der Waals surface area contributed by atoms with Gasteiger partial charge in [-0.05, 0) is 43.2 Å². The predicted octanol–water partition coefficient (Wildman–Crippen LogP) is 3.03. The Morgan fingerprint density at radius 3 is 3.09 bits per heavy atom. The smallest absolute Gasteiger partial charge is 0.266 e. The number of thioether (sulfide) groups is 1. The van der Waals surface area contributed by atoms with Gasteiger partial charge in [0.05, 0.1) is 0 Å². The molecule has 2 aromatic rings. The number of amides is 1. The predicted molar refractivity (Wildman–Crippen MR) is 93.1 cm³/mol. The SMILES string of the molecule is Cc1cccc(OCC(=O)N(CC2CCCS2)c2cc[nH]n2)c1. The van der Waals surface area contributed by atoms with E-state index in [1.807, 2.05) is 49.0 Å². The Labute approximate surface area is 140 Å². The molecule has 1 saturated heterocycles. The number of nitrogens with zero attached hydrogens (tertiary/aromatic N) is 2. The van der Waals surface area contributed by atoms with Gasteiger partial charge in [-0.2, -0.15) is 16.9 Å². The molecule has 1 aromatic heterocycles. The van der Waals surface area contributed by atoms with Crippen molar-refractivity contribution in [1.29, 1.82) is 0 Å². The highest BCUT2D eigenvalue weighted by atomic mass is 32.2. The highest BCUT2D eigenvalue weighted by Crippen LogP contribution is 2.28. The summed E-state index contributed by atoms with van der Waals surface area (Å²) in [5.74, 6) is 2.49. The second kappa shape index (κ2) is 7.55. The number of nitrogens with one attached hydrogen (secondary N) is 1. The highest BCUT2D eigenvalue weighted by Gasteiger charge is 2.25. The first-order chi connectivity index (χ1) is 11.2. The number of benzene rings is 1. The lowest BCUT2D eigenvalue weighted by Crippen LogP contribution is -2.39. The van der Waals surface area contributed by atoms with Gasteiger partial charge in [-0.15, -0.1) is 0 Å². The van der Waals surface area contributed by atoms with E-state index in [1.165, 1.54) is 12.2 Å². The van der Waals surface area contributed by atoms with Crippen LogP contribution < -0.4 is 9.64 Å². The Bertz CT molecular complexity index is 639. The maximum Gasteiger partial charge on any atom is 0.266 e. The zero-order chi connectivity index (χ0) is 16.1. The molecule has 122 valence electrons. The second-order valence-electron chi connectivity index (χ2n) is 5.68. The van der Waals surface area contributed by atoms with E-state index in [1.54, 1.807) is 11.1 Å². The van der Waals surface area contributed by atoms with E-state index in [4.69, 9.17) is 4.74 Å². The Hall–Kier alpha value is -1.95. The molecular formula is C17H21N3O2S. The van der Waals surface area contributed by atoms with Crippen LogP contribution in [0.1, 0.15) is 18.4 Å². The van der Waals surface area contributed by atoms with Crippen molar-refractivity contribution in [3.63, 3.8) is 0 Å². The third-order valence-corrected chi connectivity index (χ3v) is 5.21. The van der Waals surface area contributed by atoms with Crippen LogP contribution in [0, 0.1) is 6.92 Å². The first-order valence-corrected chi connectivity index (χ1v) is 8.88. The molecule has 6 heteroatoms. The van der Waals surface area contributed by atoms with Crippen molar-refractivity contribution >= 4 is 23.5 Å². The number of anilines is 1. The van der Waals surface area contributed by atoms with Crippen molar-refractivity contribution in [3.05, 3.63) is 42.1 Å². The molecule has 0 aliphatic carbocycles. The third-order valence-electron chi connectivity index (χ3n) is 3.83. The van der Waals surface area contributed by atoms with Gasteiger partial charge < -0.3 is 4.74 Å². The van der Waals surface area contributed by atoms with Gasteiger partial charge >= 0.3 is 0 Å². The van der Waals surface area contributed by atoms with Crippen LogP contribution in [0.2, 0.25) is 0 Å². The summed E-state index contributed by atoms with van der Waals surface area (Å²) in [7, 11) is 0. The lowest BCUT2D eigenvalue weighted by atomic mass is 10.2. The van der Waals surface area contributed by atoms with Crippen molar-refractivity contribution in [2.75, 3.05) is 23.8 Å². The van der Waals surface area contributed by atoms with Crippen LogP contribution in [0.25, 0.3) is 0 Å². The van der Waals surface area contributed by atoms with Crippen molar-refractivity contribution in [2.45, 2.75) is 25.0 Å². The van der Waals surface area contributed by atoms with E-state index in [0.717, 1.165) is 17.7 Å². The third kappa shape index (κ3) is 4.28. The second-order valence-corrected chi connectivity index (χ2v) is 7.09. The Morgan fingerprint density at radius 2 is 2.39 bits per heavy atom. The molecule has 2 heterocycles. The summed E-state index contributed by atoms with van der Waals surface area (Å²) in [5, 5.41) is 7.42. The fourth-order valence-corrected chi connectivity index (χ4v) is 3.90. The summed E-state index contributed by atoms with van der Waals surface area (Å²) in [6, 6.07) is 9.55. The lowest BCUT2D eigenvalue weighted by Gasteiger charge is -2.23. The Kier molecular flexibility index (Phi) is 5.23. The number of carbonyl (C=O) groups is 1. The van der Waals surface area contributed by atoms with Crippen LogP contribution in [0.5, 0.6) is 5.75 Å². The van der Waals surface area contributed by atoms with Gasteiger partial charge in [0.2, 0.25) is 0 Å². The maximum atomic E-state index is 12.6. The van der Waals surface area contributed by atoms with E-state index < -0.39 is 0 Å². The molecule has 1 amide bonds. The number of aryl methyl sites for hydroxylation is 1. The number of hydrogen-bond acceptors (Lipinski definition) is 4. The summed E-state index contributed by atoms with van der Waals surface area (Å²) in [6.07, 6.45) is 4.11. The van der Waals surface area contributed by atoms with Crippen molar-refractivity contribution in [2.24, 2.45) is 0 Å². The van der Waals surface area contributed by atoms with E-state index in [-0.39, 0.29) is 12.5 Å². The number of aromatic nitrogens is 2. The van der Waals surface area contributed by atoms with Gasteiger partial charge in [0.1, 0.15) is 5.75 Å². The van der Waals surface area contributed by atoms with Gasteiger partial charge in [-0.3, -0.25) is 14.8 Å². The fraction of sp³-hybridized carbons (Fsp3) is 0.412. The van der Waals surface area contributed by atoms with Crippen molar-refractivity contribution < 1.29 is 9.53 Å². The molecule has 1 unspecified atom stereocenters. The zero-order valence-corrected chi connectivity index (χ0v) is 14.0. The van der Waals surface area contributed by atoms with E-state index in [0.29, 0.717) is 17.6 Å². The van der Waals surface area contributed by atoms with Crippen LogP contribution in [0.4, 0.5) is 5.82 Å². The number of aromatic amines is 1. The largest absolute Gasteiger partial charge is 0.484 e. The molecule has 0 bridgehead atoms. The molecule has 1 atom stereocenters. The van der Waals surface area contributed by atoms with Crippen molar-refractivity contribution in [3.8, 4) is 5.75 Å². The fourth-order valence-electron chi connectivity index (χ4n) is 2.65. The summed E-state index contributed by atoms with van der Waals surface area (Å²) in [6.45, 7) is 2.71. The Morgan fingerprint density at radius 1 is 1.48 bits per heavy atom. The van der Waals surface area contributed by atoms with Crippen LogP contribution in [-0.4, -0.2) is 40.3 Å². The molecule has 0 spiro atoms. The van der Waals surface area contributed by atoms with Crippen LogP contribution >= 0.6 is 11.8 Å². The van der Waals surface area contributed by atoms with Gasteiger partial charge in [0.25, 0.3) is 5.91 Å². The molecule has 1 aliphatic heterocycles. The lowest BCUT2D eigenvalue weighted by molar-refractivity contribution is -0.120. The maximum absolute atomic E-state index is 12.6. The quantitative estimate of drug-likeness (QED) is 0.884. The van der Waals surface area contributed by atoms with Gasteiger partial charge in [0.15, 0.2) is 12.4 Å². The summed E-state index contributed by atoms with van der Waals surface area (Å²) in [4.78, 5) is 14.4. The summed E-state index contributed by atoms with van der Waals surface area (Å²) < 4.78 is 5.66. The van der Waals surface area contributed by atoms with Crippen molar-refractivity contribution in [1.82, 2.24) is 10.2 Å². The molecule has 1 aliphatic rings. The molecule has 1 aromatic carbocycles. The zero-order valence-electron chi connectivity index (χ0n) is 13.2. The molecule has 0 radical (unpaired) electrons. The standard InChI is InChI=1S/C17H21N3O2S/c1-13-4-2-5-14(10-13)22-12-17(21)20(16-7-8-18-19-16)11-15-6-3-9-23-15/h2,4-5,7-8,10,15H,3,6,9,11-12H2,1H3,(H,18,19). The van der Waals surface area contributed by atoms with Gasteiger partial charge in [0, 0.05) is 24.1 Å². The van der Waals surface area contributed by atoms with E-state index >= 15 is 0 Å². The molecule has 23 heavy (non-hydrogen) atoms. The highest BCUT2D eigenvalue weighted by molar-refractivity contribution is 8.00. The summed E-state index contributed by atoms with van der Waals surface area (Å²) >= 11 is 1.93. The number of carbonyl (C=O) groups excluding carboxylic acids is 1. The number of ether oxygens (including phenoxy) is 1. The number of H-pyrrole nitrogens is 1. The topological polar surface area (TPSA) is 58.2 Å². The minimum Gasteiger partial charge on any atom is -0.484 e. The van der Waals surface area contributed by atoms with Crippen LogP contribution in [0.15, 0.2) is 36.5 Å². The molecule has 1 N–H and O–H groups in total. The summed E-state index contributed by atoms with van der Waals surface area (Å²) in [5.41, 5.74) is 1.11. The normalized spacial score (nSPS) is 17.2. The number of rotatable bonds is 6. The Balaban J connectivity index is 1.64. The molecule has 0 saturated carbocycles. The average Bonchev–Trinajstić information content (AvgIpc) is 3.23. The monoisotopic (exact) mass is 331 g/mol. The average molecular weight is 331 g/mol. The van der Waals surface area contributed by atoms with E-state index in [2.05, 4.69) is 10.2 Å². The molecule has 3 rings (SSSR count). The van der Waals surface area contributed by atoms with Gasteiger partial charge in [-0.1, -0.05) is 12.1 Å². The molecule has 1 fully saturated rings. The van der Waals surface area contributed by atoms with E-state index in [9.17, 15) is 4.79 Å².